The summed E-state index contributed by atoms with van der Waals surface area (Å²) in [5, 5.41) is 12.1. The molecule has 0 bridgehead atoms. The number of nitrogens with one attached hydrogen (secondary N) is 1. The first-order valence-corrected chi connectivity index (χ1v) is 5.51. The number of benzene rings is 1. The van der Waals surface area contributed by atoms with E-state index in [-0.39, 0.29) is 0 Å². The minimum atomic E-state index is 0.678. The summed E-state index contributed by atoms with van der Waals surface area (Å²) in [7, 11) is 4.04. The Hall–Kier alpha value is -1.05. The molecule has 0 amide bonds. The Morgan fingerprint density at radius 2 is 2.20 bits per heavy atom. The first kappa shape index (κ1) is 12.0. The zero-order chi connectivity index (χ0) is 11.3. The smallest absolute Gasteiger partial charge is 0.101 e. The maximum absolute atomic E-state index is 8.90. The van der Waals surface area contributed by atoms with E-state index in [1.807, 2.05) is 32.3 Å². The Labute approximate surface area is 98.8 Å². The summed E-state index contributed by atoms with van der Waals surface area (Å²) in [6, 6.07) is 7.77. The van der Waals surface area contributed by atoms with E-state index in [1.54, 1.807) is 0 Å². The summed E-state index contributed by atoms with van der Waals surface area (Å²) in [5.74, 6) is 0. The minimum absolute atomic E-state index is 0.678. The van der Waals surface area contributed by atoms with Gasteiger partial charge in [0, 0.05) is 17.6 Å². The SMILES string of the molecule is CN(C)CCNc1cc(Br)ccc1C#N. The van der Waals surface area contributed by atoms with Crippen LogP contribution >= 0.6 is 15.9 Å². The van der Waals surface area contributed by atoms with E-state index < -0.39 is 0 Å². The van der Waals surface area contributed by atoms with Crippen LogP contribution in [0, 0.1) is 11.3 Å². The molecule has 0 fully saturated rings. The monoisotopic (exact) mass is 267 g/mol. The second kappa shape index (κ2) is 5.74. The van der Waals surface area contributed by atoms with Gasteiger partial charge >= 0.3 is 0 Å². The summed E-state index contributed by atoms with van der Waals surface area (Å²) >= 11 is 3.39. The van der Waals surface area contributed by atoms with Crippen LogP contribution < -0.4 is 5.32 Å². The van der Waals surface area contributed by atoms with Crippen molar-refractivity contribution in [1.29, 1.82) is 5.26 Å². The van der Waals surface area contributed by atoms with E-state index in [4.69, 9.17) is 5.26 Å². The molecule has 1 aromatic rings. The highest BCUT2D eigenvalue weighted by atomic mass is 79.9. The minimum Gasteiger partial charge on any atom is -0.383 e. The number of nitriles is 1. The van der Waals surface area contributed by atoms with E-state index in [9.17, 15) is 0 Å². The predicted molar refractivity (Wildman–Crippen MR) is 65.9 cm³/mol. The summed E-state index contributed by atoms with van der Waals surface area (Å²) in [6.07, 6.45) is 0. The number of rotatable bonds is 4. The molecule has 1 N–H and O–H groups in total. The van der Waals surface area contributed by atoms with Gasteiger partial charge in [-0.05, 0) is 32.3 Å². The van der Waals surface area contributed by atoms with Crippen LogP contribution in [-0.4, -0.2) is 32.1 Å². The number of halogens is 1. The maximum Gasteiger partial charge on any atom is 0.101 e. The van der Waals surface area contributed by atoms with Gasteiger partial charge in [0.1, 0.15) is 6.07 Å². The normalized spacial score (nSPS) is 10.1. The molecule has 0 aromatic heterocycles. The molecule has 0 saturated carbocycles. The molecule has 0 aliphatic rings. The van der Waals surface area contributed by atoms with Gasteiger partial charge in [-0.3, -0.25) is 0 Å². The lowest BCUT2D eigenvalue weighted by Gasteiger charge is -2.12. The molecular weight excluding hydrogens is 254 g/mol. The van der Waals surface area contributed by atoms with Crippen molar-refractivity contribution in [2.45, 2.75) is 0 Å². The molecule has 0 aliphatic carbocycles. The van der Waals surface area contributed by atoms with Gasteiger partial charge in [-0.1, -0.05) is 15.9 Å². The standard InChI is InChI=1S/C11H14BrN3/c1-15(2)6-5-14-11-7-10(12)4-3-9(11)8-13/h3-4,7,14H,5-6H2,1-2H3. The Morgan fingerprint density at radius 3 is 2.80 bits per heavy atom. The van der Waals surface area contributed by atoms with Crippen molar-refractivity contribution in [3.05, 3.63) is 28.2 Å². The van der Waals surface area contributed by atoms with Crippen molar-refractivity contribution in [3.63, 3.8) is 0 Å². The molecule has 15 heavy (non-hydrogen) atoms. The Kier molecular flexibility index (Phi) is 4.60. The lowest BCUT2D eigenvalue weighted by atomic mass is 10.2. The highest BCUT2D eigenvalue weighted by molar-refractivity contribution is 9.10. The van der Waals surface area contributed by atoms with Crippen LogP contribution in [0.15, 0.2) is 22.7 Å². The molecule has 0 atom stereocenters. The van der Waals surface area contributed by atoms with Crippen molar-refractivity contribution in [2.24, 2.45) is 0 Å². The largest absolute Gasteiger partial charge is 0.383 e. The average Bonchev–Trinajstić information content (AvgIpc) is 2.17. The van der Waals surface area contributed by atoms with Crippen molar-refractivity contribution in [2.75, 3.05) is 32.5 Å². The number of anilines is 1. The summed E-state index contributed by atoms with van der Waals surface area (Å²) < 4.78 is 0.980. The molecule has 0 saturated heterocycles. The third kappa shape index (κ3) is 3.90. The molecule has 4 heteroatoms. The predicted octanol–water partition coefficient (Wildman–Crippen LogP) is 2.29. The van der Waals surface area contributed by atoms with Gasteiger partial charge in [0.15, 0.2) is 0 Å². The third-order valence-corrected chi connectivity index (χ3v) is 2.47. The van der Waals surface area contributed by atoms with Crippen molar-refractivity contribution in [1.82, 2.24) is 4.90 Å². The Morgan fingerprint density at radius 1 is 1.47 bits per heavy atom. The quantitative estimate of drug-likeness (QED) is 0.910. The number of hydrogen-bond donors (Lipinski definition) is 1. The molecular formula is C11H14BrN3. The first-order valence-electron chi connectivity index (χ1n) is 4.71. The van der Waals surface area contributed by atoms with Crippen molar-refractivity contribution >= 4 is 21.6 Å². The summed E-state index contributed by atoms with van der Waals surface area (Å²) in [6.45, 7) is 1.77. The second-order valence-electron chi connectivity index (χ2n) is 3.53. The zero-order valence-corrected chi connectivity index (χ0v) is 10.5. The number of nitrogens with zero attached hydrogens (tertiary/aromatic N) is 2. The molecule has 80 valence electrons. The van der Waals surface area contributed by atoms with Gasteiger partial charge in [0.25, 0.3) is 0 Å². The van der Waals surface area contributed by atoms with Crippen LogP contribution in [0.25, 0.3) is 0 Å². The van der Waals surface area contributed by atoms with Crippen LogP contribution in [0.1, 0.15) is 5.56 Å². The van der Waals surface area contributed by atoms with E-state index >= 15 is 0 Å². The van der Waals surface area contributed by atoms with E-state index in [0.717, 1.165) is 23.2 Å². The fourth-order valence-electron chi connectivity index (χ4n) is 1.17. The molecule has 0 aliphatic heterocycles. The van der Waals surface area contributed by atoms with Crippen LogP contribution in [0.2, 0.25) is 0 Å². The van der Waals surface area contributed by atoms with Gasteiger partial charge < -0.3 is 10.2 Å². The summed E-state index contributed by atoms with van der Waals surface area (Å²) in [5.41, 5.74) is 1.56. The molecule has 3 nitrogen and oxygen atoms in total. The molecule has 0 spiro atoms. The highest BCUT2D eigenvalue weighted by Crippen LogP contribution is 2.20. The van der Waals surface area contributed by atoms with Crippen molar-refractivity contribution < 1.29 is 0 Å². The topological polar surface area (TPSA) is 39.1 Å². The fourth-order valence-corrected chi connectivity index (χ4v) is 1.54. The Bertz CT molecular complexity index is 369. The van der Waals surface area contributed by atoms with Gasteiger partial charge in [-0.25, -0.2) is 0 Å². The van der Waals surface area contributed by atoms with Crippen LogP contribution in [0.5, 0.6) is 0 Å². The molecule has 0 heterocycles. The summed E-state index contributed by atoms with van der Waals surface area (Å²) in [4.78, 5) is 2.09. The average molecular weight is 268 g/mol. The van der Waals surface area contributed by atoms with Crippen LogP contribution in [0.3, 0.4) is 0 Å². The first-order chi connectivity index (χ1) is 7.13. The van der Waals surface area contributed by atoms with Gasteiger partial charge in [0.05, 0.1) is 11.3 Å². The van der Waals surface area contributed by atoms with E-state index in [1.165, 1.54) is 0 Å². The van der Waals surface area contributed by atoms with E-state index in [0.29, 0.717) is 5.56 Å². The third-order valence-electron chi connectivity index (χ3n) is 1.98. The van der Waals surface area contributed by atoms with Gasteiger partial charge in [-0.2, -0.15) is 5.26 Å². The fraction of sp³-hybridized carbons (Fsp3) is 0.364. The van der Waals surface area contributed by atoms with Crippen LogP contribution in [0.4, 0.5) is 5.69 Å². The highest BCUT2D eigenvalue weighted by Gasteiger charge is 2.01. The molecule has 0 radical (unpaired) electrons. The van der Waals surface area contributed by atoms with Gasteiger partial charge in [0.2, 0.25) is 0 Å². The van der Waals surface area contributed by atoms with Crippen molar-refractivity contribution in [3.8, 4) is 6.07 Å². The molecule has 1 aromatic carbocycles. The van der Waals surface area contributed by atoms with Crippen LogP contribution in [-0.2, 0) is 0 Å². The lowest BCUT2D eigenvalue weighted by molar-refractivity contribution is 0.425. The maximum atomic E-state index is 8.90. The van der Waals surface area contributed by atoms with Gasteiger partial charge in [-0.15, -0.1) is 0 Å². The van der Waals surface area contributed by atoms with E-state index in [2.05, 4.69) is 32.2 Å². The zero-order valence-electron chi connectivity index (χ0n) is 8.92. The number of hydrogen-bond acceptors (Lipinski definition) is 3. The number of likely N-dealkylation sites (N-methyl/N-ethyl adjacent to an activating group) is 1. The lowest BCUT2D eigenvalue weighted by Crippen LogP contribution is -2.21. The molecule has 1 rings (SSSR count). The molecule has 0 unspecified atom stereocenters. The Balaban J connectivity index is 2.67. The second-order valence-corrected chi connectivity index (χ2v) is 4.45.